The highest BCUT2D eigenvalue weighted by atomic mass is 127. The average molecular weight is 800 g/mol. The molecular weight excluding hydrogens is 785 g/mol. The fraction of sp³-hybridized carbons (Fsp3) is 0.200. The molecule has 0 saturated heterocycles. The van der Waals surface area contributed by atoms with E-state index in [4.69, 9.17) is 0 Å². The molecule has 3 aromatic rings. The smallest absolute Gasteiger partial charge is 0.311 e. The van der Waals surface area contributed by atoms with Gasteiger partial charge in [-0.25, -0.2) is 7.50 Å². The topological polar surface area (TPSA) is 40.6 Å². The minimum absolute atomic E-state index is 0.00165. The zero-order valence-corrected chi connectivity index (χ0v) is 24.1. The van der Waals surface area contributed by atoms with Crippen LogP contribution in [0.15, 0.2) is 72.8 Å². The van der Waals surface area contributed by atoms with Gasteiger partial charge >= 0.3 is 23.9 Å². The van der Waals surface area contributed by atoms with Crippen molar-refractivity contribution in [2.75, 3.05) is 15.1 Å². The molecule has 0 heterocycles. The molecule has 0 aliphatic carbocycles. The summed E-state index contributed by atoms with van der Waals surface area (Å²) >= 11 is 2.74. The molecule has 0 radical (unpaired) electrons. The third kappa shape index (κ3) is 5.75. The molecule has 3 rings (SSSR count). The molecular formula is C25H15F9I2N2O2. The van der Waals surface area contributed by atoms with Gasteiger partial charge in [0, 0.05) is 33.0 Å². The maximum absolute atomic E-state index is 14.8. The largest absolute Gasteiger partial charge is 0.457 e. The van der Waals surface area contributed by atoms with Gasteiger partial charge in [0.1, 0.15) is 0 Å². The molecule has 0 spiro atoms. The lowest BCUT2D eigenvalue weighted by molar-refractivity contribution is -0.389. The number of rotatable bonds is 6. The normalized spacial score (nSPS) is 13.9. The Morgan fingerprint density at radius 3 is 1.80 bits per heavy atom. The molecule has 40 heavy (non-hydrogen) atoms. The Morgan fingerprint density at radius 1 is 0.700 bits per heavy atom. The summed E-state index contributed by atoms with van der Waals surface area (Å²) in [5.41, 5.74) is -7.63. The molecule has 15 heteroatoms. The number of halogens is 11. The molecule has 3 aromatic carbocycles. The van der Waals surface area contributed by atoms with Crippen LogP contribution in [-0.4, -0.2) is 37.1 Å². The number of hydrogen-bond acceptors (Lipinski definition) is 2. The number of alkyl halides is 9. The summed E-state index contributed by atoms with van der Waals surface area (Å²) in [6, 6.07) is 14.8. The van der Waals surface area contributed by atoms with Gasteiger partial charge in [-0.1, -0.05) is 30.3 Å². The van der Waals surface area contributed by atoms with E-state index in [1.54, 1.807) is 30.3 Å². The lowest BCUT2D eigenvalue weighted by Crippen LogP contribution is -2.59. The van der Waals surface area contributed by atoms with Gasteiger partial charge in [-0.3, -0.25) is 9.59 Å². The molecule has 0 fully saturated rings. The third-order valence-electron chi connectivity index (χ3n) is 5.72. The highest BCUT2D eigenvalue weighted by Gasteiger charge is 2.81. The number of carbonyl (C=O) groups is 2. The van der Waals surface area contributed by atoms with Crippen LogP contribution < -0.4 is 8.01 Å². The first kappa shape index (κ1) is 32.0. The quantitative estimate of drug-likeness (QED) is 0.143. The highest BCUT2D eigenvalue weighted by Crippen LogP contribution is 2.58. The molecule has 1 unspecified atom stereocenters. The van der Waals surface area contributed by atoms with Gasteiger partial charge in [-0.15, -0.1) is 0 Å². The predicted molar refractivity (Wildman–Crippen MR) is 145 cm³/mol. The molecule has 214 valence electrons. The number of benzene rings is 3. The van der Waals surface area contributed by atoms with Crippen molar-refractivity contribution in [3.63, 3.8) is 0 Å². The number of amides is 2. The molecule has 0 aliphatic heterocycles. The Hall–Kier alpha value is -2.57. The molecule has 0 aliphatic rings. The summed E-state index contributed by atoms with van der Waals surface area (Å²) in [7, 11) is 1.46. The van der Waals surface area contributed by atoms with Crippen molar-refractivity contribution >= 4 is 68.6 Å². The molecule has 1 atom stereocenters. The first-order valence-corrected chi connectivity index (χ1v) is 12.8. The van der Waals surface area contributed by atoms with Crippen molar-refractivity contribution in [3.05, 3.63) is 93.1 Å². The van der Waals surface area contributed by atoms with Crippen LogP contribution in [0.1, 0.15) is 26.3 Å². The van der Waals surface area contributed by atoms with E-state index in [0.717, 1.165) is 3.11 Å². The lowest BCUT2D eigenvalue weighted by Gasteiger charge is -2.36. The summed E-state index contributed by atoms with van der Waals surface area (Å²) in [5, 5.41) is 0. The zero-order valence-electron chi connectivity index (χ0n) is 19.8. The lowest BCUT2D eigenvalue weighted by atomic mass is 9.87. The molecule has 0 aromatic heterocycles. The van der Waals surface area contributed by atoms with Crippen molar-refractivity contribution in [1.29, 1.82) is 0 Å². The van der Waals surface area contributed by atoms with E-state index in [1.165, 1.54) is 81.7 Å². The summed E-state index contributed by atoms with van der Waals surface area (Å²) in [5.74, 6) is -7.99. The van der Waals surface area contributed by atoms with Gasteiger partial charge in [0.2, 0.25) is 0 Å². The monoisotopic (exact) mass is 800 g/mol. The molecule has 0 N–H and O–H groups in total. The summed E-state index contributed by atoms with van der Waals surface area (Å²) in [6.45, 7) is 0. The number of nitrogens with zero attached hydrogens (tertiary/aromatic N) is 2. The fourth-order valence-corrected chi connectivity index (χ4v) is 5.48. The first-order valence-electron chi connectivity index (χ1n) is 10.8. The van der Waals surface area contributed by atoms with Crippen molar-refractivity contribution in [1.82, 2.24) is 0 Å². The van der Waals surface area contributed by atoms with Crippen LogP contribution >= 0.6 is 45.5 Å². The second kappa shape index (κ2) is 11.4. The Kier molecular flexibility index (Phi) is 9.08. The van der Waals surface area contributed by atoms with Crippen molar-refractivity contribution in [2.24, 2.45) is 0 Å². The molecule has 2 amide bonds. The van der Waals surface area contributed by atoms with E-state index in [0.29, 0.717) is 17.3 Å². The first-order chi connectivity index (χ1) is 18.3. The Bertz CT molecular complexity index is 1420. The maximum Gasteiger partial charge on any atom is 0.457 e. The highest BCUT2D eigenvalue weighted by molar-refractivity contribution is 14.1. The summed E-state index contributed by atoms with van der Waals surface area (Å²) in [6.07, 6.45) is -13.5. The van der Waals surface area contributed by atoms with Gasteiger partial charge in [0.15, 0.2) is 0 Å². The number of anilines is 2. The minimum atomic E-state index is -6.85. The third-order valence-corrected chi connectivity index (χ3v) is 7.54. The molecule has 0 bridgehead atoms. The van der Waals surface area contributed by atoms with Crippen LogP contribution in [0.25, 0.3) is 0 Å². The van der Waals surface area contributed by atoms with Crippen LogP contribution in [0.3, 0.4) is 0 Å². The Labute approximate surface area is 248 Å². The number of carbonyl (C=O) groups excluding carboxylic acids is 2. The standard InChI is InChI=1S/C25H15F9I2N2O2/c1-37(20(39)14-6-3-2-4-7-14)17-9-5-8-15(12-17)21(40)38(36)19-11-10-16(13-18(19)35)22(26,24(29,30)31)23(27,28)25(32,33)34/h2-13H,1H3. The van der Waals surface area contributed by atoms with Gasteiger partial charge in [-0.05, 0) is 65.1 Å². The van der Waals surface area contributed by atoms with E-state index in [9.17, 15) is 49.1 Å². The summed E-state index contributed by atoms with van der Waals surface area (Å²) in [4.78, 5) is 27.1. The van der Waals surface area contributed by atoms with Gasteiger partial charge < -0.3 is 4.90 Å². The van der Waals surface area contributed by atoms with Crippen LogP contribution in [0.2, 0.25) is 0 Å². The van der Waals surface area contributed by atoms with E-state index in [-0.39, 0.29) is 23.4 Å². The summed E-state index contributed by atoms with van der Waals surface area (Å²) < 4.78 is 122. The van der Waals surface area contributed by atoms with Gasteiger partial charge in [0.25, 0.3) is 11.8 Å². The van der Waals surface area contributed by atoms with Crippen molar-refractivity contribution in [2.45, 2.75) is 23.9 Å². The fourth-order valence-electron chi connectivity index (χ4n) is 3.56. The molecule has 0 saturated carbocycles. The van der Waals surface area contributed by atoms with Gasteiger partial charge in [-0.2, -0.15) is 35.1 Å². The Balaban J connectivity index is 1.95. The second-order valence-electron chi connectivity index (χ2n) is 8.26. The van der Waals surface area contributed by atoms with E-state index in [1.807, 2.05) is 0 Å². The van der Waals surface area contributed by atoms with Gasteiger partial charge in [0.05, 0.1) is 28.6 Å². The van der Waals surface area contributed by atoms with E-state index >= 15 is 0 Å². The van der Waals surface area contributed by atoms with E-state index < -0.39 is 44.9 Å². The van der Waals surface area contributed by atoms with Crippen LogP contribution in [0.5, 0.6) is 0 Å². The Morgan fingerprint density at radius 2 is 1.27 bits per heavy atom. The zero-order chi connectivity index (χ0) is 30.3. The van der Waals surface area contributed by atoms with Crippen molar-refractivity contribution < 1.29 is 49.1 Å². The second-order valence-corrected chi connectivity index (χ2v) is 10.4. The maximum atomic E-state index is 14.8. The van der Waals surface area contributed by atoms with Crippen LogP contribution in [0, 0.1) is 3.57 Å². The number of hydrogen-bond donors (Lipinski definition) is 0. The molecule has 4 nitrogen and oxygen atoms in total. The van der Waals surface area contributed by atoms with Crippen molar-refractivity contribution in [3.8, 4) is 0 Å². The SMILES string of the molecule is CN(C(=O)c1ccccc1)c1cccc(C(=O)N(I)c2ccc(C(F)(C(F)(F)F)C(F)(F)C(F)(F)F)cc2I)c1. The minimum Gasteiger partial charge on any atom is -0.311 e. The van der Waals surface area contributed by atoms with Crippen LogP contribution in [-0.2, 0) is 5.67 Å². The van der Waals surface area contributed by atoms with E-state index in [2.05, 4.69) is 0 Å². The van der Waals surface area contributed by atoms with Crippen LogP contribution in [0.4, 0.5) is 50.9 Å². The predicted octanol–water partition coefficient (Wildman–Crippen LogP) is 8.49. The average Bonchev–Trinajstić information content (AvgIpc) is 2.90.